The smallest absolute Gasteiger partial charge is 0.380 e. The zero-order chi connectivity index (χ0) is 13.3. The summed E-state index contributed by atoms with van der Waals surface area (Å²) >= 11 is 0. The van der Waals surface area contributed by atoms with Crippen molar-refractivity contribution < 1.29 is 8.98 Å². The highest BCUT2D eigenvalue weighted by molar-refractivity contribution is 6.02. The first-order valence-corrected chi connectivity index (χ1v) is 6.68. The number of hydrogen-bond donors (Lipinski definition) is 0. The van der Waals surface area contributed by atoms with Crippen LogP contribution in [0.1, 0.15) is 5.69 Å². The predicted octanol–water partition coefficient (Wildman–Crippen LogP) is 2.64. The third-order valence-electron chi connectivity index (χ3n) is 4.16. The van der Waals surface area contributed by atoms with Gasteiger partial charge in [0.1, 0.15) is 11.3 Å². The van der Waals surface area contributed by atoms with Crippen molar-refractivity contribution in [3.05, 3.63) is 48.3 Å². The fourth-order valence-corrected chi connectivity index (χ4v) is 3.24. The molecule has 0 fully saturated rings. The van der Waals surface area contributed by atoms with Crippen molar-refractivity contribution in [2.75, 3.05) is 0 Å². The van der Waals surface area contributed by atoms with E-state index in [-0.39, 0.29) is 0 Å². The number of oxazole rings is 1. The molecular formula is C16H12N3O+. The standard InChI is InChI=1S/C16H12N3O/c1-18-13-7-3-2-5-11(13)14-16(18)20-15-10-6-4-8-17-12(10)9-19(14)15/h2-8H,9H2,1H3/q+1. The van der Waals surface area contributed by atoms with Gasteiger partial charge in [-0.1, -0.05) is 12.1 Å². The number of fused-ring (bicyclic) bond motifs is 7. The van der Waals surface area contributed by atoms with Crippen LogP contribution in [0.3, 0.4) is 0 Å². The highest BCUT2D eigenvalue weighted by Crippen LogP contribution is 2.34. The van der Waals surface area contributed by atoms with Crippen molar-refractivity contribution in [3.8, 4) is 11.5 Å². The maximum atomic E-state index is 6.14. The van der Waals surface area contributed by atoms with Crippen molar-refractivity contribution in [1.82, 2.24) is 9.55 Å². The molecule has 0 saturated heterocycles. The summed E-state index contributed by atoms with van der Waals surface area (Å²) in [7, 11) is 2.05. The Kier molecular flexibility index (Phi) is 1.67. The first-order chi connectivity index (χ1) is 9.84. The fraction of sp³-hybridized carbons (Fsp3) is 0.125. The van der Waals surface area contributed by atoms with E-state index in [4.69, 9.17) is 4.42 Å². The Morgan fingerprint density at radius 3 is 3.05 bits per heavy atom. The summed E-state index contributed by atoms with van der Waals surface area (Å²) in [6, 6.07) is 12.4. The molecule has 0 aliphatic carbocycles. The zero-order valence-corrected chi connectivity index (χ0v) is 11.0. The molecule has 20 heavy (non-hydrogen) atoms. The van der Waals surface area contributed by atoms with Crippen LogP contribution in [-0.4, -0.2) is 9.55 Å². The molecule has 4 heteroatoms. The van der Waals surface area contributed by atoms with Gasteiger partial charge in [0.05, 0.1) is 10.9 Å². The molecule has 0 spiro atoms. The Hall–Kier alpha value is -2.62. The van der Waals surface area contributed by atoms with Crippen LogP contribution >= 0.6 is 0 Å². The first-order valence-electron chi connectivity index (χ1n) is 6.68. The molecule has 1 aromatic carbocycles. The van der Waals surface area contributed by atoms with Crippen molar-refractivity contribution in [1.29, 1.82) is 0 Å². The van der Waals surface area contributed by atoms with Gasteiger partial charge in [-0.05, 0) is 24.3 Å². The van der Waals surface area contributed by atoms with Gasteiger partial charge < -0.3 is 8.98 Å². The average molecular weight is 262 g/mol. The Balaban J connectivity index is 1.97. The maximum Gasteiger partial charge on any atom is 0.385 e. The molecule has 0 radical (unpaired) electrons. The highest BCUT2D eigenvalue weighted by Gasteiger charge is 2.37. The number of nitrogens with zero attached hydrogens (tertiary/aromatic N) is 3. The van der Waals surface area contributed by atoms with Crippen molar-refractivity contribution in [3.63, 3.8) is 0 Å². The second kappa shape index (κ2) is 3.28. The third kappa shape index (κ3) is 1.04. The molecule has 1 aliphatic heterocycles. The van der Waals surface area contributed by atoms with Crippen LogP contribution < -0.4 is 4.57 Å². The molecule has 0 saturated carbocycles. The van der Waals surface area contributed by atoms with Gasteiger partial charge in [-0.2, -0.15) is 0 Å². The summed E-state index contributed by atoms with van der Waals surface area (Å²) in [5.74, 6) is 0.916. The van der Waals surface area contributed by atoms with E-state index in [9.17, 15) is 0 Å². The summed E-state index contributed by atoms with van der Waals surface area (Å²) < 4.78 is 10.5. The number of para-hydroxylation sites is 1. The van der Waals surface area contributed by atoms with E-state index in [1.165, 1.54) is 10.9 Å². The van der Waals surface area contributed by atoms with E-state index < -0.39 is 0 Å². The van der Waals surface area contributed by atoms with Gasteiger partial charge in [0.15, 0.2) is 6.54 Å². The minimum Gasteiger partial charge on any atom is -0.380 e. The second-order valence-electron chi connectivity index (χ2n) is 5.22. The lowest BCUT2D eigenvalue weighted by Gasteiger charge is -1.93. The average Bonchev–Trinajstić information content (AvgIpc) is 3.09. The van der Waals surface area contributed by atoms with Crippen LogP contribution in [0.4, 0.5) is 0 Å². The molecule has 3 aromatic heterocycles. The highest BCUT2D eigenvalue weighted by atomic mass is 16.4. The molecular weight excluding hydrogens is 250 g/mol. The molecule has 4 nitrogen and oxygen atoms in total. The number of aryl methyl sites for hydroxylation is 1. The Bertz CT molecular complexity index is 994. The van der Waals surface area contributed by atoms with Crippen LogP contribution in [0.2, 0.25) is 0 Å². The molecule has 0 atom stereocenters. The first kappa shape index (κ1) is 10.2. The van der Waals surface area contributed by atoms with Crippen molar-refractivity contribution in [2.45, 2.75) is 6.54 Å². The van der Waals surface area contributed by atoms with E-state index in [1.807, 2.05) is 19.3 Å². The number of aromatic nitrogens is 3. The SMILES string of the molecule is Cn1c2ccccc2c2c1oc1[n+]2Cc2ncccc2-1. The second-order valence-corrected chi connectivity index (χ2v) is 5.22. The summed E-state index contributed by atoms with van der Waals surface area (Å²) in [6.45, 7) is 0.784. The zero-order valence-electron chi connectivity index (χ0n) is 11.0. The lowest BCUT2D eigenvalue weighted by atomic mass is 10.2. The van der Waals surface area contributed by atoms with Gasteiger partial charge in [-0.25, -0.2) is 0 Å². The predicted molar refractivity (Wildman–Crippen MR) is 75.2 cm³/mol. The summed E-state index contributed by atoms with van der Waals surface area (Å²) in [6.07, 6.45) is 1.84. The van der Waals surface area contributed by atoms with Gasteiger partial charge in [0.25, 0.3) is 11.2 Å². The topological polar surface area (TPSA) is 34.8 Å². The molecule has 0 N–H and O–H groups in total. The Morgan fingerprint density at radius 2 is 2.10 bits per heavy atom. The van der Waals surface area contributed by atoms with Gasteiger partial charge >= 0.3 is 5.89 Å². The minimum atomic E-state index is 0.784. The molecule has 5 rings (SSSR count). The molecule has 4 aromatic rings. The molecule has 96 valence electrons. The minimum absolute atomic E-state index is 0.784. The molecule has 0 amide bonds. The van der Waals surface area contributed by atoms with Gasteiger partial charge in [0.2, 0.25) is 0 Å². The molecule has 0 unspecified atom stereocenters. The van der Waals surface area contributed by atoms with E-state index in [0.717, 1.165) is 34.9 Å². The summed E-state index contributed by atoms with van der Waals surface area (Å²) in [5.41, 5.74) is 5.47. The monoisotopic (exact) mass is 262 g/mol. The largest absolute Gasteiger partial charge is 0.385 e. The van der Waals surface area contributed by atoms with E-state index in [1.54, 1.807) is 0 Å². The van der Waals surface area contributed by atoms with Crippen LogP contribution in [-0.2, 0) is 13.6 Å². The number of benzene rings is 1. The number of rotatable bonds is 0. The maximum absolute atomic E-state index is 6.14. The summed E-state index contributed by atoms with van der Waals surface area (Å²) in [5, 5.41) is 1.23. The molecule has 0 bridgehead atoms. The van der Waals surface area contributed by atoms with Crippen LogP contribution in [0.25, 0.3) is 33.6 Å². The molecule has 4 heterocycles. The lowest BCUT2D eigenvalue weighted by molar-refractivity contribution is -0.649. The van der Waals surface area contributed by atoms with Gasteiger partial charge in [0, 0.05) is 13.2 Å². The molecule has 1 aliphatic rings. The van der Waals surface area contributed by atoms with Crippen molar-refractivity contribution in [2.24, 2.45) is 7.05 Å². The number of hydrogen-bond acceptors (Lipinski definition) is 2. The lowest BCUT2D eigenvalue weighted by Crippen LogP contribution is -2.30. The van der Waals surface area contributed by atoms with Crippen molar-refractivity contribution >= 4 is 22.1 Å². The van der Waals surface area contributed by atoms with Gasteiger partial charge in [-0.15, -0.1) is 4.57 Å². The van der Waals surface area contributed by atoms with Crippen LogP contribution in [0.15, 0.2) is 47.0 Å². The van der Waals surface area contributed by atoms with E-state index >= 15 is 0 Å². The number of pyridine rings is 1. The van der Waals surface area contributed by atoms with Gasteiger partial charge in [-0.3, -0.25) is 4.98 Å². The van der Waals surface area contributed by atoms with Crippen LogP contribution in [0, 0.1) is 0 Å². The quantitative estimate of drug-likeness (QED) is 0.402. The van der Waals surface area contributed by atoms with Crippen LogP contribution in [0.5, 0.6) is 0 Å². The van der Waals surface area contributed by atoms with E-state index in [0.29, 0.717) is 0 Å². The van der Waals surface area contributed by atoms with E-state index in [2.05, 4.69) is 44.5 Å². The third-order valence-corrected chi connectivity index (χ3v) is 4.16. The normalized spacial score (nSPS) is 13.1. The summed E-state index contributed by atoms with van der Waals surface area (Å²) in [4.78, 5) is 4.45. The Morgan fingerprint density at radius 1 is 1.20 bits per heavy atom. The Labute approximate surface area is 114 Å². The fourth-order valence-electron chi connectivity index (χ4n) is 3.24.